The van der Waals surface area contributed by atoms with Crippen LogP contribution in [-0.2, 0) is 15.1 Å². The number of hydrogen-bond donors (Lipinski definition) is 1. The van der Waals surface area contributed by atoms with Crippen molar-refractivity contribution in [2.45, 2.75) is 38.1 Å². The zero-order valence-electron chi connectivity index (χ0n) is 16.5. The Morgan fingerprint density at radius 3 is 2.59 bits per heavy atom. The molecule has 2 atom stereocenters. The zero-order valence-corrected chi connectivity index (χ0v) is 18.9. The smallest absolute Gasteiger partial charge is 0.407 e. The Morgan fingerprint density at radius 2 is 2.00 bits per heavy atom. The number of rotatable bonds is 4. The van der Waals surface area contributed by atoms with Crippen molar-refractivity contribution in [1.29, 1.82) is 0 Å². The maximum Gasteiger partial charge on any atom is 0.407 e. The molecule has 0 spiro atoms. The predicted molar refractivity (Wildman–Crippen MR) is 112 cm³/mol. The lowest BCUT2D eigenvalue weighted by Crippen LogP contribution is -2.48. The summed E-state index contributed by atoms with van der Waals surface area (Å²) >= 11 is 9.46. The van der Waals surface area contributed by atoms with Gasteiger partial charge in [0.2, 0.25) is 0 Å². The lowest BCUT2D eigenvalue weighted by molar-refractivity contribution is -0.0566. The van der Waals surface area contributed by atoms with Gasteiger partial charge in [-0.2, -0.15) is 0 Å². The number of amides is 1. The fourth-order valence-corrected chi connectivity index (χ4v) is 4.14. The third kappa shape index (κ3) is 4.22. The van der Waals surface area contributed by atoms with Gasteiger partial charge in [-0.3, -0.25) is 0 Å². The standard InChI is InChI=1S/C21H22BrClFNO4/c1-20(2,3)29-19(26)25-11-21(12-8-6-5-7-9-12)18(27-4)15-14(28-21)10-13(24)17(23)16(15)22/h5-10,18H,11H2,1-4H3,(H,25,26)/t18-,21+/m0/s1. The maximum absolute atomic E-state index is 14.2. The van der Waals surface area contributed by atoms with Gasteiger partial charge in [0.15, 0.2) is 5.60 Å². The van der Waals surface area contributed by atoms with E-state index in [1.165, 1.54) is 13.2 Å². The van der Waals surface area contributed by atoms with E-state index >= 15 is 0 Å². The molecule has 0 saturated carbocycles. The van der Waals surface area contributed by atoms with Crippen molar-refractivity contribution < 1.29 is 23.4 Å². The summed E-state index contributed by atoms with van der Waals surface area (Å²) in [6.07, 6.45) is -1.26. The molecule has 1 aliphatic heterocycles. The van der Waals surface area contributed by atoms with Gasteiger partial charge in [-0.05, 0) is 36.7 Å². The quantitative estimate of drug-likeness (QED) is 0.560. The summed E-state index contributed by atoms with van der Waals surface area (Å²) in [5.41, 5.74) is -0.463. The van der Waals surface area contributed by atoms with Gasteiger partial charge in [0.1, 0.15) is 23.3 Å². The molecular weight excluding hydrogens is 465 g/mol. The third-order valence-corrected chi connectivity index (χ3v) is 5.95. The van der Waals surface area contributed by atoms with Gasteiger partial charge in [0, 0.05) is 28.8 Å². The fourth-order valence-electron chi connectivity index (χ4n) is 3.39. The van der Waals surface area contributed by atoms with Crippen LogP contribution in [0.3, 0.4) is 0 Å². The van der Waals surface area contributed by atoms with Crippen molar-refractivity contribution >= 4 is 33.6 Å². The molecule has 0 fully saturated rings. The van der Waals surface area contributed by atoms with Gasteiger partial charge in [0.05, 0.1) is 11.6 Å². The summed E-state index contributed by atoms with van der Waals surface area (Å²) in [5.74, 6) is -0.323. The van der Waals surface area contributed by atoms with Crippen LogP contribution in [0, 0.1) is 5.82 Å². The Hall–Kier alpha value is -1.83. The molecule has 0 saturated heterocycles. The summed E-state index contributed by atoms with van der Waals surface area (Å²) in [5, 5.41) is 2.70. The van der Waals surface area contributed by atoms with Crippen LogP contribution in [-0.4, -0.2) is 25.3 Å². The molecule has 0 radical (unpaired) electrons. The highest BCUT2D eigenvalue weighted by Gasteiger charge is 2.52. The molecule has 0 unspecified atom stereocenters. The number of methoxy groups -OCH3 is 1. The van der Waals surface area contributed by atoms with Crippen LogP contribution in [0.25, 0.3) is 0 Å². The van der Waals surface area contributed by atoms with Crippen molar-refractivity contribution in [3.05, 3.63) is 62.8 Å². The second-order valence-electron chi connectivity index (χ2n) is 7.73. The normalized spacial score (nSPS) is 20.7. The van der Waals surface area contributed by atoms with Crippen LogP contribution in [0.5, 0.6) is 5.75 Å². The minimum absolute atomic E-state index is 0.0325. The summed E-state index contributed by atoms with van der Waals surface area (Å²) < 4.78 is 32.0. The monoisotopic (exact) mass is 485 g/mol. The van der Waals surface area contributed by atoms with Crippen LogP contribution < -0.4 is 10.1 Å². The van der Waals surface area contributed by atoms with Crippen molar-refractivity contribution in [3.63, 3.8) is 0 Å². The van der Waals surface area contributed by atoms with Crippen molar-refractivity contribution in [2.75, 3.05) is 13.7 Å². The van der Waals surface area contributed by atoms with Gasteiger partial charge in [-0.15, -0.1) is 0 Å². The van der Waals surface area contributed by atoms with E-state index < -0.39 is 29.2 Å². The summed E-state index contributed by atoms with van der Waals surface area (Å²) in [6.45, 7) is 5.37. The Balaban J connectivity index is 2.05. The van der Waals surface area contributed by atoms with Crippen molar-refractivity contribution in [1.82, 2.24) is 5.32 Å². The molecule has 29 heavy (non-hydrogen) atoms. The number of alkyl carbamates (subject to hydrolysis) is 1. The number of fused-ring (bicyclic) bond motifs is 1. The molecule has 3 rings (SSSR count). The van der Waals surface area contributed by atoms with E-state index in [9.17, 15) is 9.18 Å². The van der Waals surface area contributed by atoms with Gasteiger partial charge in [-0.1, -0.05) is 41.9 Å². The summed E-state index contributed by atoms with van der Waals surface area (Å²) in [6, 6.07) is 10.5. The van der Waals surface area contributed by atoms with Crippen LogP contribution >= 0.6 is 27.5 Å². The molecule has 1 aliphatic rings. The highest BCUT2D eigenvalue weighted by molar-refractivity contribution is 9.10. The molecule has 2 aromatic carbocycles. The molecule has 1 heterocycles. The number of hydrogen-bond acceptors (Lipinski definition) is 4. The van der Waals surface area contributed by atoms with E-state index in [4.69, 9.17) is 25.8 Å². The Bertz CT molecular complexity index is 919. The molecule has 0 aromatic heterocycles. The molecule has 5 nitrogen and oxygen atoms in total. The second kappa shape index (κ2) is 8.13. The first-order chi connectivity index (χ1) is 13.6. The molecule has 0 aliphatic carbocycles. The topological polar surface area (TPSA) is 56.8 Å². The lowest BCUT2D eigenvalue weighted by atomic mass is 9.86. The van der Waals surface area contributed by atoms with E-state index in [1.54, 1.807) is 20.8 Å². The fraction of sp³-hybridized carbons (Fsp3) is 0.381. The Morgan fingerprint density at radius 1 is 1.34 bits per heavy atom. The van der Waals surface area contributed by atoms with Gasteiger partial charge in [-0.25, -0.2) is 9.18 Å². The van der Waals surface area contributed by atoms with E-state index in [-0.39, 0.29) is 11.6 Å². The number of ether oxygens (including phenoxy) is 3. The Kier molecular flexibility index (Phi) is 6.13. The number of benzene rings is 2. The molecular formula is C21H22BrClFNO4. The van der Waals surface area contributed by atoms with Crippen LogP contribution in [0.15, 0.2) is 40.9 Å². The van der Waals surface area contributed by atoms with E-state index in [2.05, 4.69) is 21.2 Å². The SMILES string of the molecule is CO[C@H]1c2c(cc(F)c(Cl)c2Br)O[C@]1(CNC(=O)OC(C)(C)C)c1ccccc1. The first-order valence-corrected chi connectivity index (χ1v) is 10.2. The van der Waals surface area contributed by atoms with Gasteiger partial charge < -0.3 is 19.5 Å². The molecule has 8 heteroatoms. The van der Waals surface area contributed by atoms with Crippen LogP contribution in [0.1, 0.15) is 38.0 Å². The lowest BCUT2D eigenvalue weighted by Gasteiger charge is -2.34. The summed E-state index contributed by atoms with van der Waals surface area (Å²) in [7, 11) is 1.53. The Labute approximate surface area is 182 Å². The van der Waals surface area contributed by atoms with Crippen molar-refractivity contribution in [3.8, 4) is 5.75 Å². The number of carbonyl (C=O) groups excluding carboxylic acids is 1. The molecule has 1 amide bonds. The number of carbonyl (C=O) groups is 1. The van der Waals surface area contributed by atoms with Crippen LogP contribution in [0.4, 0.5) is 9.18 Å². The third-order valence-electron chi connectivity index (χ3n) is 4.53. The maximum atomic E-state index is 14.2. The average molecular weight is 487 g/mol. The minimum Gasteiger partial charge on any atom is -0.477 e. The number of nitrogens with one attached hydrogen (secondary N) is 1. The van der Waals surface area contributed by atoms with Gasteiger partial charge >= 0.3 is 6.09 Å². The minimum atomic E-state index is -1.14. The average Bonchev–Trinajstić information content (AvgIpc) is 2.98. The van der Waals surface area contributed by atoms with E-state index in [0.29, 0.717) is 15.8 Å². The van der Waals surface area contributed by atoms with Crippen molar-refractivity contribution in [2.24, 2.45) is 0 Å². The molecule has 0 bridgehead atoms. The molecule has 156 valence electrons. The van der Waals surface area contributed by atoms with E-state index in [0.717, 1.165) is 5.56 Å². The van der Waals surface area contributed by atoms with E-state index in [1.807, 2.05) is 30.3 Å². The predicted octanol–water partition coefficient (Wildman–Crippen LogP) is 5.74. The number of halogens is 3. The summed E-state index contributed by atoms with van der Waals surface area (Å²) in [4.78, 5) is 12.3. The largest absolute Gasteiger partial charge is 0.477 e. The zero-order chi connectivity index (χ0) is 21.4. The highest BCUT2D eigenvalue weighted by atomic mass is 79.9. The first-order valence-electron chi connectivity index (χ1n) is 9.00. The van der Waals surface area contributed by atoms with Gasteiger partial charge in [0.25, 0.3) is 0 Å². The second-order valence-corrected chi connectivity index (χ2v) is 8.90. The van der Waals surface area contributed by atoms with Crippen LogP contribution in [0.2, 0.25) is 5.02 Å². The molecule has 2 aromatic rings. The first kappa shape index (κ1) is 21.9. The molecule has 1 N–H and O–H groups in total. The highest BCUT2D eigenvalue weighted by Crippen LogP contribution is 2.54.